The lowest BCUT2D eigenvalue weighted by atomic mass is 9.97. The molecule has 2 aliphatic rings. The summed E-state index contributed by atoms with van der Waals surface area (Å²) in [7, 11) is 0. The molecule has 56 heavy (non-hydrogen) atoms. The van der Waals surface area contributed by atoms with Gasteiger partial charge in [0, 0.05) is 6.42 Å². The molecule has 0 aromatic rings. The van der Waals surface area contributed by atoms with Crippen molar-refractivity contribution in [2.24, 2.45) is 0 Å². The first-order chi connectivity index (χ1) is 27.1. The largest absolute Gasteiger partial charge is 0.394 e. The molecule has 12 unspecified atom stereocenters. The van der Waals surface area contributed by atoms with Crippen molar-refractivity contribution in [2.45, 2.75) is 229 Å². The Labute approximate surface area is 336 Å². The number of hydrogen-bond donors (Lipinski definition) is 9. The number of carbonyl (C=O) groups is 1. The lowest BCUT2D eigenvalue weighted by molar-refractivity contribution is -0.359. The van der Waals surface area contributed by atoms with Crippen LogP contribution in [0.5, 0.6) is 0 Å². The van der Waals surface area contributed by atoms with Crippen molar-refractivity contribution in [1.82, 2.24) is 5.32 Å². The van der Waals surface area contributed by atoms with Crippen molar-refractivity contribution < 1.29 is 64.6 Å². The van der Waals surface area contributed by atoms with Gasteiger partial charge in [0.1, 0.15) is 48.8 Å². The van der Waals surface area contributed by atoms with Gasteiger partial charge in [0.15, 0.2) is 12.6 Å². The van der Waals surface area contributed by atoms with E-state index >= 15 is 0 Å². The van der Waals surface area contributed by atoms with Crippen molar-refractivity contribution in [3.05, 3.63) is 12.2 Å². The third-order valence-electron chi connectivity index (χ3n) is 11.0. The van der Waals surface area contributed by atoms with Crippen LogP contribution in [0.4, 0.5) is 0 Å². The molecule has 0 aliphatic carbocycles. The second kappa shape index (κ2) is 30.7. The molecule has 2 saturated heterocycles. The smallest absolute Gasteiger partial charge is 0.220 e. The molecule has 0 radical (unpaired) electrons. The Morgan fingerprint density at radius 1 is 0.625 bits per heavy atom. The predicted molar refractivity (Wildman–Crippen MR) is 212 cm³/mol. The highest BCUT2D eigenvalue weighted by molar-refractivity contribution is 5.76. The molecule has 2 rings (SSSR count). The van der Waals surface area contributed by atoms with Gasteiger partial charge in [-0.25, -0.2) is 0 Å². The van der Waals surface area contributed by atoms with Crippen molar-refractivity contribution in [3.63, 3.8) is 0 Å². The summed E-state index contributed by atoms with van der Waals surface area (Å²) in [6, 6.07) is -0.904. The minimum absolute atomic E-state index is 0.253. The lowest BCUT2D eigenvalue weighted by Crippen LogP contribution is -2.65. The van der Waals surface area contributed by atoms with Gasteiger partial charge in [-0.2, -0.15) is 0 Å². The Bertz CT molecular complexity index is 1000. The molecule has 2 heterocycles. The first-order valence-electron chi connectivity index (χ1n) is 21.9. The van der Waals surface area contributed by atoms with Crippen LogP contribution in [0.2, 0.25) is 0 Å². The second-order valence-corrected chi connectivity index (χ2v) is 15.8. The van der Waals surface area contributed by atoms with E-state index in [1.807, 2.05) is 6.08 Å². The van der Waals surface area contributed by atoms with Gasteiger partial charge >= 0.3 is 0 Å². The highest BCUT2D eigenvalue weighted by atomic mass is 16.7. The summed E-state index contributed by atoms with van der Waals surface area (Å²) < 4.78 is 22.5. The van der Waals surface area contributed by atoms with Crippen LogP contribution in [0.25, 0.3) is 0 Å². The van der Waals surface area contributed by atoms with Crippen LogP contribution in [0, 0.1) is 0 Å². The molecule has 0 spiro atoms. The maximum Gasteiger partial charge on any atom is 0.220 e. The van der Waals surface area contributed by atoms with E-state index < -0.39 is 86.8 Å². The number of aliphatic hydroxyl groups is 8. The minimum Gasteiger partial charge on any atom is -0.394 e. The predicted octanol–water partition coefficient (Wildman–Crippen LogP) is 3.65. The monoisotopic (exact) mass is 806 g/mol. The van der Waals surface area contributed by atoms with E-state index in [4.69, 9.17) is 18.9 Å². The van der Waals surface area contributed by atoms with E-state index in [1.54, 1.807) is 6.08 Å². The van der Waals surface area contributed by atoms with Crippen molar-refractivity contribution >= 4 is 5.91 Å². The molecule has 14 nitrogen and oxygen atoms in total. The molecule has 2 aliphatic heterocycles. The number of aliphatic hydroxyl groups excluding tert-OH is 8. The maximum absolute atomic E-state index is 12.9. The number of amides is 1. The first kappa shape index (κ1) is 50.9. The molecule has 0 bridgehead atoms. The number of ether oxygens (including phenoxy) is 4. The summed E-state index contributed by atoms with van der Waals surface area (Å²) in [4.78, 5) is 12.9. The number of carbonyl (C=O) groups excluding carboxylic acids is 1. The zero-order valence-electron chi connectivity index (χ0n) is 34.4. The molecule has 0 aromatic carbocycles. The summed E-state index contributed by atoms with van der Waals surface area (Å²) in [5.41, 5.74) is 0. The van der Waals surface area contributed by atoms with Crippen molar-refractivity contribution in [3.8, 4) is 0 Å². The second-order valence-electron chi connectivity index (χ2n) is 15.8. The van der Waals surface area contributed by atoms with Gasteiger partial charge < -0.3 is 65.1 Å². The van der Waals surface area contributed by atoms with Gasteiger partial charge in [-0.15, -0.1) is 0 Å². The van der Waals surface area contributed by atoms with Gasteiger partial charge in [0.2, 0.25) is 5.91 Å². The van der Waals surface area contributed by atoms with Gasteiger partial charge in [0.25, 0.3) is 0 Å². The van der Waals surface area contributed by atoms with E-state index in [0.717, 1.165) is 44.9 Å². The molecule has 2 fully saturated rings. The minimum atomic E-state index is -1.78. The van der Waals surface area contributed by atoms with Gasteiger partial charge in [-0.3, -0.25) is 4.79 Å². The van der Waals surface area contributed by atoms with E-state index in [1.165, 1.54) is 83.5 Å². The van der Waals surface area contributed by atoms with Crippen molar-refractivity contribution in [1.29, 1.82) is 0 Å². The van der Waals surface area contributed by atoms with Crippen LogP contribution in [0.1, 0.15) is 155 Å². The van der Waals surface area contributed by atoms with Crippen LogP contribution in [0.3, 0.4) is 0 Å². The Balaban J connectivity index is 1.85. The number of rotatable bonds is 32. The molecule has 0 saturated carbocycles. The lowest BCUT2D eigenvalue weighted by Gasteiger charge is -2.46. The molecule has 0 aromatic heterocycles. The standard InChI is InChI=1S/C42H79NO13/c1-3-5-7-9-10-11-12-13-14-15-16-17-18-19-20-22-23-25-31(46)30(43-34(47)26-24-21-8-6-4-2)29-53-41-39(52)37(50)40(33(28-45)55-41)56-42-38(51)36(49)35(48)32(27-44)54-42/h23,25,30-33,35-42,44-46,48-52H,3-22,24,26-29H2,1-2H3,(H,43,47)/b25-23+. The third-order valence-corrected chi connectivity index (χ3v) is 11.0. The van der Waals surface area contributed by atoms with E-state index in [0.29, 0.717) is 6.42 Å². The van der Waals surface area contributed by atoms with Crippen molar-refractivity contribution in [2.75, 3.05) is 19.8 Å². The van der Waals surface area contributed by atoms with Crippen LogP contribution in [0.15, 0.2) is 12.2 Å². The summed E-state index contributed by atoms with van der Waals surface area (Å²) in [5.74, 6) is -0.253. The quantitative estimate of drug-likeness (QED) is 0.0350. The molecular formula is C42H79NO13. The molecule has 1 amide bonds. The van der Waals surface area contributed by atoms with Crippen LogP contribution >= 0.6 is 0 Å². The zero-order valence-corrected chi connectivity index (χ0v) is 34.4. The molecule has 330 valence electrons. The van der Waals surface area contributed by atoms with Crippen LogP contribution in [-0.4, -0.2) is 140 Å². The highest BCUT2D eigenvalue weighted by Crippen LogP contribution is 2.30. The molecule has 12 atom stereocenters. The summed E-state index contributed by atoms with van der Waals surface area (Å²) in [5, 5.41) is 86.0. The van der Waals surface area contributed by atoms with Crippen LogP contribution < -0.4 is 5.32 Å². The number of unbranched alkanes of at least 4 members (excludes halogenated alkanes) is 19. The third kappa shape index (κ3) is 19.2. The molecule has 9 N–H and O–H groups in total. The normalized spacial score (nSPS) is 29.5. The summed E-state index contributed by atoms with van der Waals surface area (Å²) in [6.45, 7) is 2.66. The number of nitrogens with one attached hydrogen (secondary N) is 1. The average Bonchev–Trinajstić information content (AvgIpc) is 3.19. The van der Waals surface area contributed by atoms with Crippen LogP contribution in [-0.2, 0) is 23.7 Å². The highest BCUT2D eigenvalue weighted by Gasteiger charge is 2.50. The summed E-state index contributed by atoms with van der Waals surface area (Å²) >= 11 is 0. The SMILES string of the molecule is CCCCCCCCCCCCCCCCC/C=C/C(O)C(COC1OC(CO)C(OC2OC(CO)C(O)C(O)C2O)C(O)C1O)NC(=O)CCCCCCC. The average molecular weight is 806 g/mol. The van der Waals surface area contributed by atoms with Gasteiger partial charge in [0.05, 0.1) is 32.0 Å². The molecular weight excluding hydrogens is 726 g/mol. The Hall–Kier alpha value is -1.27. The Kier molecular flexibility index (Phi) is 27.9. The van der Waals surface area contributed by atoms with E-state index in [9.17, 15) is 45.6 Å². The van der Waals surface area contributed by atoms with E-state index in [2.05, 4.69) is 19.2 Å². The summed E-state index contributed by atoms with van der Waals surface area (Å²) in [6.07, 6.45) is 11.7. The number of hydrogen-bond acceptors (Lipinski definition) is 13. The fraction of sp³-hybridized carbons (Fsp3) is 0.929. The first-order valence-corrected chi connectivity index (χ1v) is 21.9. The number of allylic oxidation sites excluding steroid dienone is 1. The fourth-order valence-electron chi connectivity index (χ4n) is 7.29. The van der Waals surface area contributed by atoms with E-state index in [-0.39, 0.29) is 18.9 Å². The zero-order chi connectivity index (χ0) is 41.1. The topological polar surface area (TPSA) is 228 Å². The molecule has 14 heteroatoms. The van der Waals surface area contributed by atoms with Gasteiger partial charge in [-0.1, -0.05) is 142 Å². The van der Waals surface area contributed by atoms with Gasteiger partial charge in [-0.05, 0) is 19.3 Å². The Morgan fingerprint density at radius 2 is 1.11 bits per heavy atom. The Morgan fingerprint density at radius 3 is 1.64 bits per heavy atom. The maximum atomic E-state index is 12.9. The fourth-order valence-corrected chi connectivity index (χ4v) is 7.29.